The predicted molar refractivity (Wildman–Crippen MR) is 315 cm³/mol. The Bertz CT molecular complexity index is 2980. The lowest BCUT2D eigenvalue weighted by molar-refractivity contribution is -0.144. The maximum atomic E-state index is 14.7. The molecule has 2 heterocycles. The molecule has 8 N–H and O–H groups in total. The van der Waals surface area contributed by atoms with Crippen LogP contribution >= 0.6 is 0 Å². The van der Waals surface area contributed by atoms with Crippen molar-refractivity contribution in [2.45, 2.75) is 159 Å². The molecule has 2 saturated heterocycles. The second-order valence-electron chi connectivity index (χ2n) is 24.4. The van der Waals surface area contributed by atoms with Crippen LogP contribution in [0, 0.1) is 5.41 Å². The Labute approximate surface area is 477 Å². The maximum Gasteiger partial charge on any atom is 0.255 e. The minimum absolute atomic E-state index is 0.0300. The van der Waals surface area contributed by atoms with Crippen LogP contribution in [0.15, 0.2) is 97.1 Å². The molecule has 8 rings (SSSR count). The van der Waals surface area contributed by atoms with E-state index in [2.05, 4.69) is 73.8 Å². The summed E-state index contributed by atoms with van der Waals surface area (Å²) >= 11 is 0. The zero-order valence-corrected chi connectivity index (χ0v) is 49.4. The molecule has 432 valence electrons. The lowest BCUT2D eigenvalue weighted by Gasteiger charge is -2.36. The summed E-state index contributed by atoms with van der Waals surface area (Å²) < 4.78 is 0. The molecule has 3 unspecified atom stereocenters. The predicted octanol–water partition coefficient (Wildman–Crippen LogP) is 5.26. The van der Waals surface area contributed by atoms with Gasteiger partial charge in [0.1, 0.15) is 24.2 Å². The van der Waals surface area contributed by atoms with Gasteiger partial charge in [-0.25, -0.2) is 0 Å². The molecule has 8 amide bonds. The molecule has 0 saturated carbocycles. The van der Waals surface area contributed by atoms with Gasteiger partial charge in [0.05, 0.1) is 32.2 Å². The van der Waals surface area contributed by atoms with Crippen LogP contribution in [0.2, 0.25) is 19.1 Å². The number of aryl methyl sites for hydroxylation is 2. The number of carbonyl (C=O) groups is 8. The number of nitrogens with zero attached hydrogens (tertiary/aromatic N) is 2. The van der Waals surface area contributed by atoms with Crippen molar-refractivity contribution in [1.29, 1.82) is 0 Å². The van der Waals surface area contributed by atoms with E-state index in [1.807, 2.05) is 51.1 Å². The summed E-state index contributed by atoms with van der Waals surface area (Å²) in [5, 5.41) is 24.2. The number of hydrogen-bond donors (Lipinski definition) is 8. The fraction of sp³-hybridized carbons (Fsp3) is 0.484. The number of amides is 8. The van der Waals surface area contributed by atoms with Gasteiger partial charge in [-0.05, 0) is 149 Å². The number of carbonyl (C=O) groups excluding carboxylic acids is 8. The van der Waals surface area contributed by atoms with Crippen LogP contribution in [0.25, 0.3) is 0 Å². The molecular weight excluding hydrogens is 1040 g/mol. The first kappa shape index (κ1) is 59.9. The van der Waals surface area contributed by atoms with Crippen molar-refractivity contribution < 1.29 is 38.4 Å². The van der Waals surface area contributed by atoms with Gasteiger partial charge in [0, 0.05) is 42.0 Å². The molecule has 0 bridgehead atoms. The van der Waals surface area contributed by atoms with E-state index in [-0.39, 0.29) is 72.1 Å². The van der Waals surface area contributed by atoms with Gasteiger partial charge in [-0.1, -0.05) is 94.5 Å². The molecule has 2 fully saturated rings. The molecular formula is C62H82N10O8Si. The molecule has 0 spiro atoms. The number of likely N-dealkylation sites (N-methyl/N-ethyl adjacent to an activating group) is 2. The summed E-state index contributed by atoms with van der Waals surface area (Å²) in [6.07, 6.45) is 6.07. The molecule has 0 aromatic heterocycles. The molecule has 19 heteroatoms. The standard InChI is InChI=1S/C62H82N10O8Si/c1-37(63-6)54(73)69-50(60(79)72-36-81(8,9)35-52(72)59(78)68-49-23-15-19-41-17-11-13-21-47(41)49)32-39-24-30-44(31-25-39)65-56(75)42-26-28-43(29-27-42)57(76)66-45-33-51(58(77)67-48-22-14-18-40-16-10-12-20-46(40)48)71(34-45)61(80)53(62(3,4)5)70-55(74)38(2)64-7/h10-13,16-17,20-21,24-31,37-38,45,48-53,63-64H,14-15,18-19,22-23,32-36H2,1-9H3,(H,65,75)(H,66,76)(H,67,77)(H,68,78)(H,69,73)(H,70,74)/t37-,38-,45-,48?,49?,50?,51-,52-,53+/m0/s1. The third-order valence-electron chi connectivity index (χ3n) is 16.6. The minimum Gasteiger partial charge on any atom is -0.348 e. The molecule has 2 aliphatic carbocycles. The number of anilines is 1. The van der Waals surface area contributed by atoms with Crippen molar-refractivity contribution in [1.82, 2.24) is 47.0 Å². The van der Waals surface area contributed by atoms with E-state index in [1.165, 1.54) is 28.2 Å². The van der Waals surface area contributed by atoms with Gasteiger partial charge in [-0.3, -0.25) is 38.4 Å². The van der Waals surface area contributed by atoms with Gasteiger partial charge >= 0.3 is 0 Å². The maximum absolute atomic E-state index is 14.7. The van der Waals surface area contributed by atoms with E-state index < -0.39 is 73.5 Å². The monoisotopic (exact) mass is 1120 g/mol. The van der Waals surface area contributed by atoms with Crippen molar-refractivity contribution in [3.8, 4) is 0 Å². The van der Waals surface area contributed by atoms with Crippen molar-refractivity contribution in [2.75, 3.05) is 32.1 Å². The molecule has 9 atom stereocenters. The third kappa shape index (κ3) is 14.5. The largest absolute Gasteiger partial charge is 0.348 e. The highest BCUT2D eigenvalue weighted by Gasteiger charge is 2.48. The lowest BCUT2D eigenvalue weighted by Crippen LogP contribution is -2.59. The molecule has 2 aliphatic heterocycles. The highest BCUT2D eigenvalue weighted by atomic mass is 28.3. The number of hydrogen-bond acceptors (Lipinski definition) is 10. The van der Waals surface area contributed by atoms with E-state index in [4.69, 9.17) is 0 Å². The minimum atomic E-state index is -2.02. The first-order valence-electron chi connectivity index (χ1n) is 28.7. The lowest BCUT2D eigenvalue weighted by atomic mass is 9.85. The normalized spacial score (nSPS) is 21.7. The fourth-order valence-corrected chi connectivity index (χ4v) is 14.6. The van der Waals surface area contributed by atoms with Gasteiger partial charge < -0.3 is 52.3 Å². The van der Waals surface area contributed by atoms with E-state index >= 15 is 0 Å². The summed E-state index contributed by atoms with van der Waals surface area (Å²) in [4.78, 5) is 115. The molecule has 0 radical (unpaired) electrons. The van der Waals surface area contributed by atoms with Crippen LogP contribution in [0.4, 0.5) is 5.69 Å². The molecule has 4 aromatic rings. The summed E-state index contributed by atoms with van der Waals surface area (Å²) in [5.41, 5.74) is 5.61. The van der Waals surface area contributed by atoms with Crippen LogP contribution < -0.4 is 42.5 Å². The van der Waals surface area contributed by atoms with Crippen LogP contribution in [-0.2, 0) is 48.0 Å². The van der Waals surface area contributed by atoms with Crippen LogP contribution in [0.3, 0.4) is 0 Å². The van der Waals surface area contributed by atoms with Crippen molar-refractivity contribution in [3.05, 3.63) is 136 Å². The summed E-state index contributed by atoms with van der Waals surface area (Å²) in [5.74, 6) is -2.83. The van der Waals surface area contributed by atoms with E-state index in [1.54, 1.807) is 69.2 Å². The van der Waals surface area contributed by atoms with Crippen molar-refractivity contribution in [3.63, 3.8) is 0 Å². The molecule has 4 aromatic carbocycles. The zero-order valence-electron chi connectivity index (χ0n) is 48.4. The van der Waals surface area contributed by atoms with E-state index in [0.717, 1.165) is 55.2 Å². The van der Waals surface area contributed by atoms with Crippen LogP contribution in [-0.4, -0.2) is 134 Å². The van der Waals surface area contributed by atoms with Gasteiger partial charge in [-0.15, -0.1) is 0 Å². The van der Waals surface area contributed by atoms with Crippen molar-refractivity contribution in [2.24, 2.45) is 5.41 Å². The second kappa shape index (κ2) is 25.7. The van der Waals surface area contributed by atoms with Gasteiger partial charge in [0.15, 0.2) is 0 Å². The van der Waals surface area contributed by atoms with Gasteiger partial charge in [0.25, 0.3) is 11.8 Å². The number of rotatable bonds is 18. The average molecular weight is 1120 g/mol. The fourth-order valence-electron chi connectivity index (χ4n) is 11.8. The van der Waals surface area contributed by atoms with Gasteiger partial charge in [0.2, 0.25) is 35.4 Å². The Morgan fingerprint density at radius 1 is 0.617 bits per heavy atom. The Hall–Kier alpha value is -7.22. The average Bonchev–Trinajstić information content (AvgIpc) is 4.29. The first-order chi connectivity index (χ1) is 38.5. The smallest absolute Gasteiger partial charge is 0.255 e. The third-order valence-corrected chi connectivity index (χ3v) is 19.3. The molecule has 4 aliphatic rings. The first-order valence-corrected chi connectivity index (χ1v) is 32.1. The Morgan fingerprint density at radius 3 is 1.68 bits per heavy atom. The summed E-state index contributed by atoms with van der Waals surface area (Å²) in [6.45, 7) is 13.4. The van der Waals surface area contributed by atoms with Gasteiger partial charge in [-0.2, -0.15) is 0 Å². The zero-order chi connectivity index (χ0) is 58.3. The number of likely N-dealkylation sites (tertiary alicyclic amines) is 1. The quantitative estimate of drug-likeness (QED) is 0.0602. The number of nitrogens with one attached hydrogen (secondary N) is 8. The Morgan fingerprint density at radius 2 is 1.14 bits per heavy atom. The van der Waals surface area contributed by atoms with Crippen LogP contribution in [0.5, 0.6) is 0 Å². The SMILES string of the molecule is CN[C@@H](C)C(=O)NC(Cc1ccc(NC(=O)c2ccc(C(=O)N[C@H]3C[C@@H](C(=O)NC4CCCc5ccccc54)N(C(=O)[C@@H](NC(=O)[C@H](C)NC)C(C)(C)C)C3)cc2)cc1)C(=O)N1C[Si](C)(C)C[C@H]1C(=O)NC1CCCc2ccccc21. The summed E-state index contributed by atoms with van der Waals surface area (Å²) in [7, 11) is 1.31. The van der Waals surface area contributed by atoms with Crippen LogP contribution in [0.1, 0.15) is 127 Å². The highest BCUT2D eigenvalue weighted by Crippen LogP contribution is 2.34. The molecule has 18 nitrogen and oxygen atoms in total. The highest BCUT2D eigenvalue weighted by molar-refractivity contribution is 6.79. The van der Waals surface area contributed by atoms with Crippen molar-refractivity contribution >= 4 is 61.0 Å². The number of benzene rings is 4. The Balaban J connectivity index is 0.914. The topological polar surface area (TPSA) is 239 Å². The van der Waals surface area contributed by atoms with E-state index in [9.17, 15) is 38.4 Å². The summed E-state index contributed by atoms with van der Waals surface area (Å²) in [6, 6.07) is 24.3. The Kier molecular flexibility index (Phi) is 19.0. The second-order valence-corrected chi connectivity index (χ2v) is 29.4. The van der Waals surface area contributed by atoms with E-state index in [0.29, 0.717) is 17.9 Å². The number of fused-ring (bicyclic) bond motifs is 2. The molecule has 81 heavy (non-hydrogen) atoms.